The minimum atomic E-state index is 0.108. The van der Waals surface area contributed by atoms with E-state index >= 15 is 0 Å². The molecule has 0 aliphatic carbocycles. The average Bonchev–Trinajstić information content (AvgIpc) is 2.61. The maximum Gasteiger partial charge on any atom is 0.163 e. The second-order valence-corrected chi connectivity index (χ2v) is 5.80. The molecule has 24 heavy (non-hydrogen) atoms. The second kappa shape index (κ2) is 10.8. The number of hydrogen-bond acceptors (Lipinski definition) is 6. The van der Waals surface area contributed by atoms with E-state index in [1.807, 2.05) is 31.0 Å². The van der Waals surface area contributed by atoms with Crippen molar-refractivity contribution in [1.29, 1.82) is 5.41 Å². The summed E-state index contributed by atoms with van der Waals surface area (Å²) in [7, 11) is 1.93. The molecule has 0 atom stereocenters. The molecule has 132 valence electrons. The monoisotopic (exact) mass is 351 g/mol. The van der Waals surface area contributed by atoms with Gasteiger partial charge in [0.25, 0.3) is 0 Å². The van der Waals surface area contributed by atoms with E-state index in [1.54, 1.807) is 0 Å². The number of piperazine rings is 1. The third-order valence-corrected chi connectivity index (χ3v) is 4.08. The standard InChI is InChI=1S/C9H14N2.C8H12ClN3O/c1-7-8(6-11-2)4-3-5-9(7)10;9-7(6-13)8(5-10)12-3-1-11-2-4-12/h3-5,11H,6,10H2,1-2H3;5-6,10-11H,1-4H2/b;8-7-,10-5?. The molecule has 0 aromatic heterocycles. The van der Waals surface area contributed by atoms with E-state index in [2.05, 4.69) is 16.7 Å². The molecule has 7 heteroatoms. The van der Waals surface area contributed by atoms with Crippen molar-refractivity contribution < 1.29 is 4.79 Å². The van der Waals surface area contributed by atoms with Crippen LogP contribution in [0.4, 0.5) is 5.69 Å². The highest BCUT2D eigenvalue weighted by molar-refractivity contribution is 6.40. The number of halogens is 1. The lowest BCUT2D eigenvalue weighted by atomic mass is 10.1. The van der Waals surface area contributed by atoms with Crippen LogP contribution in [0, 0.1) is 12.3 Å². The molecule has 1 fully saturated rings. The van der Waals surface area contributed by atoms with Gasteiger partial charge in [0.05, 0.1) is 5.70 Å². The number of aldehydes is 1. The van der Waals surface area contributed by atoms with Crippen molar-refractivity contribution in [3.05, 3.63) is 40.1 Å². The van der Waals surface area contributed by atoms with E-state index in [1.165, 1.54) is 11.1 Å². The normalized spacial score (nSPS) is 15.0. The summed E-state index contributed by atoms with van der Waals surface area (Å²) in [6.45, 7) is 6.23. The van der Waals surface area contributed by atoms with Gasteiger partial charge in [0.1, 0.15) is 5.03 Å². The molecule has 5 N–H and O–H groups in total. The van der Waals surface area contributed by atoms with Gasteiger partial charge in [-0.05, 0) is 31.2 Å². The summed E-state index contributed by atoms with van der Waals surface area (Å²) in [4.78, 5) is 12.3. The van der Waals surface area contributed by atoms with Crippen molar-refractivity contribution in [2.45, 2.75) is 13.5 Å². The van der Waals surface area contributed by atoms with Crippen molar-refractivity contribution in [2.75, 3.05) is 39.0 Å². The maximum absolute atomic E-state index is 10.4. The van der Waals surface area contributed by atoms with Gasteiger partial charge in [-0.1, -0.05) is 23.7 Å². The minimum Gasteiger partial charge on any atom is -0.399 e. The fourth-order valence-electron chi connectivity index (χ4n) is 2.36. The number of rotatable bonds is 5. The van der Waals surface area contributed by atoms with E-state index < -0.39 is 0 Å². The van der Waals surface area contributed by atoms with E-state index in [9.17, 15) is 4.79 Å². The molecule has 6 nitrogen and oxygen atoms in total. The second-order valence-electron chi connectivity index (χ2n) is 5.39. The highest BCUT2D eigenvalue weighted by atomic mass is 35.5. The van der Waals surface area contributed by atoms with Gasteiger partial charge in [-0.15, -0.1) is 0 Å². The number of nitrogens with one attached hydrogen (secondary N) is 3. The number of nitrogens with zero attached hydrogens (tertiary/aromatic N) is 1. The highest BCUT2D eigenvalue weighted by Crippen LogP contribution is 2.14. The number of nitrogen functional groups attached to an aromatic ring is 1. The van der Waals surface area contributed by atoms with Crippen LogP contribution < -0.4 is 16.4 Å². The molecule has 1 saturated heterocycles. The number of carbonyl (C=O) groups is 1. The predicted molar refractivity (Wildman–Crippen MR) is 101 cm³/mol. The zero-order valence-corrected chi connectivity index (χ0v) is 15.0. The molecule has 1 aliphatic rings. The van der Waals surface area contributed by atoms with E-state index in [0.29, 0.717) is 12.0 Å². The van der Waals surface area contributed by atoms with Crippen molar-refractivity contribution in [1.82, 2.24) is 15.5 Å². The lowest BCUT2D eigenvalue weighted by Crippen LogP contribution is -2.43. The van der Waals surface area contributed by atoms with Crippen LogP contribution >= 0.6 is 11.6 Å². The van der Waals surface area contributed by atoms with Crippen molar-refractivity contribution >= 4 is 29.8 Å². The van der Waals surface area contributed by atoms with Crippen LogP contribution in [-0.2, 0) is 11.3 Å². The lowest BCUT2D eigenvalue weighted by Gasteiger charge is -2.29. The van der Waals surface area contributed by atoms with E-state index in [0.717, 1.165) is 44.6 Å². The molecule has 0 radical (unpaired) electrons. The highest BCUT2D eigenvalue weighted by Gasteiger charge is 2.13. The van der Waals surface area contributed by atoms with Crippen LogP contribution in [0.2, 0.25) is 0 Å². The first-order valence-electron chi connectivity index (χ1n) is 7.84. The molecule has 0 amide bonds. The number of anilines is 1. The summed E-state index contributed by atoms with van der Waals surface area (Å²) >= 11 is 5.66. The van der Waals surface area contributed by atoms with Gasteiger partial charge in [0.15, 0.2) is 6.29 Å². The van der Waals surface area contributed by atoms with Crippen LogP contribution in [0.3, 0.4) is 0 Å². The molecule has 0 spiro atoms. The first kappa shape index (κ1) is 20.2. The Hall–Kier alpha value is -1.89. The number of benzene rings is 1. The van der Waals surface area contributed by atoms with Crippen molar-refractivity contribution in [2.24, 2.45) is 0 Å². The zero-order chi connectivity index (χ0) is 17.9. The summed E-state index contributed by atoms with van der Waals surface area (Å²) < 4.78 is 0. The molecule has 1 aliphatic heterocycles. The molecular formula is C17H26ClN5O. The van der Waals surface area contributed by atoms with Crippen LogP contribution in [0.15, 0.2) is 28.9 Å². The van der Waals surface area contributed by atoms with Crippen LogP contribution in [0.25, 0.3) is 0 Å². The van der Waals surface area contributed by atoms with Gasteiger partial charge >= 0.3 is 0 Å². The number of carbonyl (C=O) groups excluding carboxylic acids is 1. The Morgan fingerprint density at radius 1 is 1.46 bits per heavy atom. The number of nitrogens with two attached hydrogens (primary N) is 1. The molecule has 0 bridgehead atoms. The average molecular weight is 352 g/mol. The third kappa shape index (κ3) is 5.96. The minimum absolute atomic E-state index is 0.108. The molecule has 0 saturated carbocycles. The SMILES string of the molecule is CNCc1cccc(N)c1C.N=C/C(=C(/Cl)C=O)N1CCNCC1. The van der Waals surface area contributed by atoms with Crippen LogP contribution in [-0.4, -0.2) is 50.6 Å². The maximum atomic E-state index is 10.4. The van der Waals surface area contributed by atoms with Crippen LogP contribution in [0.5, 0.6) is 0 Å². The molecular weight excluding hydrogens is 326 g/mol. The van der Waals surface area contributed by atoms with Gasteiger partial charge in [0.2, 0.25) is 0 Å². The quantitative estimate of drug-likeness (QED) is 0.279. The first-order chi connectivity index (χ1) is 11.5. The Bertz CT molecular complexity index is 582. The largest absolute Gasteiger partial charge is 0.399 e. The van der Waals surface area contributed by atoms with Gasteiger partial charge in [-0.25, -0.2) is 0 Å². The lowest BCUT2D eigenvalue weighted by molar-refractivity contribution is -0.104. The molecule has 1 aromatic rings. The van der Waals surface area contributed by atoms with Crippen molar-refractivity contribution in [3.63, 3.8) is 0 Å². The number of hydrogen-bond donors (Lipinski definition) is 4. The van der Waals surface area contributed by atoms with Gasteiger partial charge in [-0.3, -0.25) is 4.79 Å². The Morgan fingerprint density at radius 3 is 2.67 bits per heavy atom. The predicted octanol–water partition coefficient (Wildman–Crippen LogP) is 1.49. The van der Waals surface area contributed by atoms with E-state index in [4.69, 9.17) is 22.7 Å². The Kier molecular flexibility index (Phi) is 9.07. The first-order valence-corrected chi connectivity index (χ1v) is 8.22. The molecule has 1 heterocycles. The summed E-state index contributed by atoms with van der Waals surface area (Å²) in [6, 6.07) is 5.99. The van der Waals surface area contributed by atoms with Gasteiger partial charge in [-0.2, -0.15) is 0 Å². The van der Waals surface area contributed by atoms with Gasteiger partial charge < -0.3 is 26.7 Å². The summed E-state index contributed by atoms with van der Waals surface area (Å²) in [5, 5.41) is 13.5. The summed E-state index contributed by atoms with van der Waals surface area (Å²) in [5.74, 6) is 0. The van der Waals surface area contributed by atoms with Crippen LogP contribution in [0.1, 0.15) is 11.1 Å². The Balaban J connectivity index is 0.000000243. The molecule has 2 rings (SSSR count). The topological polar surface area (TPSA) is 94.2 Å². The fraction of sp³-hybridized carbons (Fsp3) is 0.412. The third-order valence-electron chi connectivity index (χ3n) is 3.80. The van der Waals surface area contributed by atoms with Gasteiger partial charge in [0, 0.05) is 44.6 Å². The fourth-order valence-corrected chi connectivity index (χ4v) is 2.54. The Labute approximate surface area is 148 Å². The smallest absolute Gasteiger partial charge is 0.163 e. The van der Waals surface area contributed by atoms with E-state index in [-0.39, 0.29) is 5.03 Å². The van der Waals surface area contributed by atoms with Crippen molar-refractivity contribution in [3.8, 4) is 0 Å². The number of allylic oxidation sites excluding steroid dienone is 2. The molecule has 0 unspecified atom stereocenters. The zero-order valence-electron chi connectivity index (χ0n) is 14.2. The summed E-state index contributed by atoms with van der Waals surface area (Å²) in [6.07, 6.45) is 1.70. The Morgan fingerprint density at radius 2 is 2.12 bits per heavy atom. The molecule has 1 aromatic carbocycles. The summed E-state index contributed by atoms with van der Waals surface area (Å²) in [5.41, 5.74) is 9.56.